The van der Waals surface area contributed by atoms with Gasteiger partial charge < -0.3 is 20.1 Å². The van der Waals surface area contributed by atoms with Crippen LogP contribution in [0.3, 0.4) is 0 Å². The molecule has 0 radical (unpaired) electrons. The Hall–Kier alpha value is -0.160. The van der Waals surface area contributed by atoms with Gasteiger partial charge in [-0.2, -0.15) is 0 Å². The lowest BCUT2D eigenvalue weighted by Gasteiger charge is -2.67. The topological polar surface area (TPSA) is 69.9 Å². The van der Waals surface area contributed by atoms with Crippen LogP contribution < -0.4 is 0 Å². The van der Waals surface area contributed by atoms with E-state index in [0.29, 0.717) is 29.6 Å². The van der Waals surface area contributed by atoms with Crippen molar-refractivity contribution in [2.24, 2.45) is 45.8 Å². The minimum atomic E-state index is -0.791. The summed E-state index contributed by atoms with van der Waals surface area (Å²) in [5.74, 6) is 2.39. The van der Waals surface area contributed by atoms with Gasteiger partial charge in [-0.15, -0.1) is 0 Å². The number of rotatable bonds is 2. The van der Waals surface area contributed by atoms with Crippen molar-refractivity contribution in [2.75, 3.05) is 0 Å². The summed E-state index contributed by atoms with van der Waals surface area (Å²) in [6, 6.07) is 0. The molecule has 4 aliphatic carbocycles. The summed E-state index contributed by atoms with van der Waals surface area (Å²) in [7, 11) is 0. The van der Waals surface area contributed by atoms with Gasteiger partial charge in [0.1, 0.15) is 0 Å². The van der Waals surface area contributed by atoms with Gasteiger partial charge in [0.05, 0.1) is 30.0 Å². The SMILES string of the molecule is CC(C)(O)[C@@H]1CCC([C@H]2CC[C@@H]3[C@@H]2[C@H](O)C[C@H]2[C@@]3(C)CC[C@H]3C(C)(C)[C@@H](O)CC[C@]23C)O1. The minimum Gasteiger partial charge on any atom is -0.393 e. The summed E-state index contributed by atoms with van der Waals surface area (Å²) in [6.07, 6.45) is 9.29. The first-order chi connectivity index (χ1) is 14.8. The molecule has 4 saturated carbocycles. The summed E-state index contributed by atoms with van der Waals surface area (Å²) in [6.45, 7) is 13.3. The number of fused-ring (bicyclic) bond motifs is 5. The fourth-order valence-corrected chi connectivity index (χ4v) is 10.3. The predicted octanol–water partition coefficient (Wildman–Crippen LogP) is 4.93. The Kier molecular flexibility index (Phi) is 5.47. The average molecular weight is 449 g/mol. The van der Waals surface area contributed by atoms with Crippen LogP contribution in [0.5, 0.6) is 0 Å². The summed E-state index contributed by atoms with van der Waals surface area (Å²) < 4.78 is 6.43. The Morgan fingerprint density at radius 1 is 0.812 bits per heavy atom. The Morgan fingerprint density at radius 3 is 2.16 bits per heavy atom. The van der Waals surface area contributed by atoms with Crippen molar-refractivity contribution < 1.29 is 20.1 Å². The molecule has 1 unspecified atom stereocenters. The third-order valence-electron chi connectivity index (χ3n) is 11.9. The maximum atomic E-state index is 11.6. The molecule has 0 amide bonds. The molecule has 5 aliphatic rings. The van der Waals surface area contributed by atoms with E-state index in [1.807, 2.05) is 13.8 Å². The zero-order valence-electron chi connectivity index (χ0n) is 21.3. The first-order valence-electron chi connectivity index (χ1n) is 13.5. The number of hydrogen-bond acceptors (Lipinski definition) is 4. The molecule has 0 spiro atoms. The average Bonchev–Trinajstić information content (AvgIpc) is 3.34. The second-order valence-electron chi connectivity index (χ2n) is 14.2. The van der Waals surface area contributed by atoms with Crippen molar-refractivity contribution in [1.82, 2.24) is 0 Å². The second-order valence-corrected chi connectivity index (χ2v) is 14.2. The molecule has 32 heavy (non-hydrogen) atoms. The molecule has 4 nitrogen and oxygen atoms in total. The molecular formula is C28H48O4. The second kappa shape index (κ2) is 7.42. The Balaban J connectivity index is 1.40. The molecule has 1 saturated heterocycles. The lowest BCUT2D eigenvalue weighted by Crippen LogP contribution is -2.63. The first kappa shape index (κ1) is 23.6. The van der Waals surface area contributed by atoms with Crippen LogP contribution in [0.15, 0.2) is 0 Å². The van der Waals surface area contributed by atoms with E-state index in [2.05, 4.69) is 27.7 Å². The highest BCUT2D eigenvalue weighted by Gasteiger charge is 2.66. The quantitative estimate of drug-likeness (QED) is 0.560. The third kappa shape index (κ3) is 3.22. The maximum Gasteiger partial charge on any atom is 0.0861 e. The number of hydrogen-bond donors (Lipinski definition) is 3. The van der Waals surface area contributed by atoms with Crippen LogP contribution >= 0.6 is 0 Å². The Morgan fingerprint density at radius 2 is 1.50 bits per heavy atom. The summed E-state index contributed by atoms with van der Waals surface area (Å²) >= 11 is 0. The predicted molar refractivity (Wildman–Crippen MR) is 126 cm³/mol. The van der Waals surface area contributed by atoms with Crippen molar-refractivity contribution in [1.29, 1.82) is 0 Å². The zero-order chi connectivity index (χ0) is 23.3. The molecule has 0 bridgehead atoms. The van der Waals surface area contributed by atoms with Crippen LogP contribution in [0.4, 0.5) is 0 Å². The molecule has 1 aliphatic heterocycles. The van der Waals surface area contributed by atoms with Gasteiger partial charge in [-0.3, -0.25) is 0 Å². The molecule has 11 atom stereocenters. The molecule has 0 aromatic heterocycles. The summed E-state index contributed by atoms with van der Waals surface area (Å²) in [5.41, 5.74) is -0.357. The van der Waals surface area contributed by atoms with E-state index in [9.17, 15) is 15.3 Å². The van der Waals surface area contributed by atoms with E-state index in [4.69, 9.17) is 4.74 Å². The highest BCUT2D eigenvalue weighted by molar-refractivity contribution is 5.15. The largest absolute Gasteiger partial charge is 0.393 e. The van der Waals surface area contributed by atoms with E-state index >= 15 is 0 Å². The monoisotopic (exact) mass is 448 g/mol. The lowest BCUT2D eigenvalue weighted by molar-refractivity contribution is -0.219. The van der Waals surface area contributed by atoms with Gasteiger partial charge in [-0.1, -0.05) is 27.7 Å². The van der Waals surface area contributed by atoms with E-state index < -0.39 is 5.60 Å². The van der Waals surface area contributed by atoms with Crippen LogP contribution in [0.25, 0.3) is 0 Å². The lowest BCUT2D eigenvalue weighted by atomic mass is 9.38. The van der Waals surface area contributed by atoms with Crippen LogP contribution in [-0.2, 0) is 4.74 Å². The maximum absolute atomic E-state index is 11.6. The first-order valence-corrected chi connectivity index (χ1v) is 13.5. The standard InChI is InChI=1S/C28H48O4/c1-25(2)20-11-13-27(5)17-8-7-16(19-9-10-23(32-19)26(3,4)31)24(17)18(29)15-21(27)28(20,6)14-12-22(25)30/h16-24,29-31H,7-15H2,1-6H3/t16-,17-,18-,19?,20+,21+,22+,23+,24-,27+,28+/m1/s1. The van der Waals surface area contributed by atoms with Crippen molar-refractivity contribution in [3.8, 4) is 0 Å². The Labute approximate surface area is 195 Å². The van der Waals surface area contributed by atoms with Crippen molar-refractivity contribution in [3.05, 3.63) is 0 Å². The van der Waals surface area contributed by atoms with E-state index in [0.717, 1.165) is 38.5 Å². The van der Waals surface area contributed by atoms with Gasteiger partial charge in [0.25, 0.3) is 0 Å². The summed E-state index contributed by atoms with van der Waals surface area (Å²) in [5, 5.41) is 32.9. The van der Waals surface area contributed by atoms with Crippen LogP contribution in [0, 0.1) is 45.8 Å². The Bertz CT molecular complexity index is 727. The molecule has 0 aromatic carbocycles. The molecule has 5 rings (SSSR count). The van der Waals surface area contributed by atoms with Gasteiger partial charge in [0, 0.05) is 0 Å². The van der Waals surface area contributed by atoms with E-state index in [-0.39, 0.29) is 40.7 Å². The molecule has 3 N–H and O–H groups in total. The van der Waals surface area contributed by atoms with Gasteiger partial charge in [-0.25, -0.2) is 0 Å². The number of aliphatic hydroxyl groups is 3. The number of aliphatic hydroxyl groups excluding tert-OH is 2. The van der Waals surface area contributed by atoms with Crippen LogP contribution in [0.2, 0.25) is 0 Å². The van der Waals surface area contributed by atoms with Crippen molar-refractivity contribution in [2.45, 2.75) is 129 Å². The van der Waals surface area contributed by atoms with Crippen molar-refractivity contribution in [3.63, 3.8) is 0 Å². The van der Waals surface area contributed by atoms with E-state index in [1.54, 1.807) is 0 Å². The fourth-order valence-electron chi connectivity index (χ4n) is 10.3. The molecule has 4 heteroatoms. The van der Waals surface area contributed by atoms with Gasteiger partial charge in [-0.05, 0) is 117 Å². The van der Waals surface area contributed by atoms with Crippen molar-refractivity contribution >= 4 is 0 Å². The normalized spacial score (nSPS) is 55.2. The molecule has 184 valence electrons. The zero-order valence-corrected chi connectivity index (χ0v) is 21.3. The molecule has 5 fully saturated rings. The van der Waals surface area contributed by atoms with Crippen LogP contribution in [0.1, 0.15) is 99.3 Å². The fraction of sp³-hybridized carbons (Fsp3) is 1.00. The van der Waals surface area contributed by atoms with Gasteiger partial charge in [0.15, 0.2) is 0 Å². The highest BCUT2D eigenvalue weighted by atomic mass is 16.5. The van der Waals surface area contributed by atoms with Gasteiger partial charge in [0.2, 0.25) is 0 Å². The third-order valence-corrected chi connectivity index (χ3v) is 11.9. The minimum absolute atomic E-state index is 0.0435. The van der Waals surface area contributed by atoms with Gasteiger partial charge >= 0.3 is 0 Å². The highest BCUT2D eigenvalue weighted by Crippen LogP contribution is 2.71. The molecule has 1 heterocycles. The molecule has 0 aromatic rings. The molecular weight excluding hydrogens is 400 g/mol. The number of ether oxygens (including phenoxy) is 1. The summed E-state index contributed by atoms with van der Waals surface area (Å²) in [4.78, 5) is 0. The smallest absolute Gasteiger partial charge is 0.0861 e. The van der Waals surface area contributed by atoms with Crippen LogP contribution in [-0.4, -0.2) is 45.3 Å². The van der Waals surface area contributed by atoms with E-state index in [1.165, 1.54) is 19.3 Å².